The molecule has 3 N–H and O–H groups in total. The van der Waals surface area contributed by atoms with Gasteiger partial charge in [-0.2, -0.15) is 0 Å². The van der Waals surface area contributed by atoms with Crippen LogP contribution in [0.15, 0.2) is 28.7 Å². The Labute approximate surface area is 95.8 Å². The summed E-state index contributed by atoms with van der Waals surface area (Å²) in [6, 6.07) is 7.51. The highest BCUT2D eigenvalue weighted by Gasteiger charge is 2.33. The molecule has 1 saturated heterocycles. The molecule has 1 fully saturated rings. The second-order valence-electron chi connectivity index (χ2n) is 3.50. The summed E-state index contributed by atoms with van der Waals surface area (Å²) in [6.45, 7) is 0.454. The highest BCUT2D eigenvalue weighted by atomic mass is 79.9. The molecule has 0 amide bonds. The molecule has 1 aromatic carbocycles. The molecule has 80 valence electrons. The molecule has 4 nitrogen and oxygen atoms in total. The minimum absolute atomic E-state index is 0.157. The zero-order valence-electron chi connectivity index (χ0n) is 7.90. The van der Waals surface area contributed by atoms with E-state index in [1.165, 1.54) is 0 Å². The fraction of sp³-hybridized carbons (Fsp3) is 0.300. The van der Waals surface area contributed by atoms with Crippen molar-refractivity contribution in [3.63, 3.8) is 0 Å². The minimum Gasteiger partial charge on any atom is -0.481 e. The van der Waals surface area contributed by atoms with E-state index in [1.54, 1.807) is 0 Å². The Kier molecular flexibility index (Phi) is 3.04. The summed E-state index contributed by atoms with van der Waals surface area (Å²) in [5.74, 6) is -1.19. The Balaban J connectivity index is 2.22. The van der Waals surface area contributed by atoms with Gasteiger partial charge in [-0.1, -0.05) is 28.1 Å². The number of rotatable bonds is 2. The van der Waals surface area contributed by atoms with Crippen molar-refractivity contribution in [3.8, 4) is 0 Å². The summed E-state index contributed by atoms with van der Waals surface area (Å²) in [5, 5.41) is 9.01. The van der Waals surface area contributed by atoms with E-state index in [9.17, 15) is 4.79 Å². The van der Waals surface area contributed by atoms with Gasteiger partial charge in [-0.25, -0.2) is 5.43 Å². The first kappa shape index (κ1) is 10.6. The third-order valence-corrected chi connectivity index (χ3v) is 3.06. The molecule has 0 bridgehead atoms. The number of carboxylic acids is 1. The second-order valence-corrected chi connectivity index (χ2v) is 4.41. The van der Waals surface area contributed by atoms with Gasteiger partial charge in [-0.05, 0) is 17.7 Å². The molecule has 0 radical (unpaired) electrons. The van der Waals surface area contributed by atoms with Gasteiger partial charge in [-0.15, -0.1) is 0 Å². The number of carbonyl (C=O) groups is 1. The lowest BCUT2D eigenvalue weighted by Crippen LogP contribution is -2.26. The maximum atomic E-state index is 11.0. The molecule has 1 heterocycles. The van der Waals surface area contributed by atoms with Crippen molar-refractivity contribution in [2.75, 3.05) is 6.54 Å². The van der Waals surface area contributed by atoms with Crippen molar-refractivity contribution in [2.45, 2.75) is 6.04 Å². The summed E-state index contributed by atoms with van der Waals surface area (Å²) in [4.78, 5) is 11.0. The molecular weight excluding hydrogens is 260 g/mol. The van der Waals surface area contributed by atoms with Crippen molar-refractivity contribution >= 4 is 21.9 Å². The van der Waals surface area contributed by atoms with Gasteiger partial charge in [-0.3, -0.25) is 10.2 Å². The molecule has 0 aliphatic carbocycles. The predicted molar refractivity (Wildman–Crippen MR) is 59.1 cm³/mol. The number of aliphatic carboxylic acids is 1. The Morgan fingerprint density at radius 3 is 2.67 bits per heavy atom. The van der Waals surface area contributed by atoms with Crippen LogP contribution >= 0.6 is 15.9 Å². The standard InChI is InChI=1S/C10H11BrN2O2/c11-7-3-1-6(2-4-7)9-8(10(14)15)5-12-13-9/h1-4,8-9,12-13H,5H2,(H,14,15). The van der Waals surface area contributed by atoms with E-state index >= 15 is 0 Å². The van der Waals surface area contributed by atoms with Crippen LogP contribution in [0.2, 0.25) is 0 Å². The third-order valence-electron chi connectivity index (χ3n) is 2.53. The van der Waals surface area contributed by atoms with Crippen LogP contribution in [0.1, 0.15) is 11.6 Å². The third kappa shape index (κ3) is 2.19. The van der Waals surface area contributed by atoms with E-state index in [2.05, 4.69) is 26.8 Å². The molecule has 5 heteroatoms. The van der Waals surface area contributed by atoms with Crippen LogP contribution in [-0.2, 0) is 4.79 Å². The Morgan fingerprint density at radius 2 is 2.07 bits per heavy atom. The van der Waals surface area contributed by atoms with Gasteiger partial charge in [0.15, 0.2) is 0 Å². The van der Waals surface area contributed by atoms with Crippen molar-refractivity contribution in [1.82, 2.24) is 10.9 Å². The number of carboxylic acid groups (broad SMARTS) is 1. The average Bonchev–Trinajstić information content (AvgIpc) is 2.67. The number of nitrogens with one attached hydrogen (secondary N) is 2. The molecule has 2 unspecified atom stereocenters. The van der Waals surface area contributed by atoms with Crippen LogP contribution in [0.3, 0.4) is 0 Å². The summed E-state index contributed by atoms with van der Waals surface area (Å²) >= 11 is 3.35. The van der Waals surface area contributed by atoms with Gasteiger partial charge in [0.25, 0.3) is 0 Å². The van der Waals surface area contributed by atoms with Gasteiger partial charge in [0.1, 0.15) is 0 Å². The van der Waals surface area contributed by atoms with Gasteiger partial charge in [0, 0.05) is 11.0 Å². The fourth-order valence-electron chi connectivity index (χ4n) is 1.71. The van der Waals surface area contributed by atoms with E-state index in [-0.39, 0.29) is 6.04 Å². The van der Waals surface area contributed by atoms with Crippen molar-refractivity contribution < 1.29 is 9.90 Å². The zero-order valence-corrected chi connectivity index (χ0v) is 9.49. The maximum absolute atomic E-state index is 11.0. The molecule has 2 rings (SSSR count). The quantitative estimate of drug-likeness (QED) is 0.758. The minimum atomic E-state index is -0.777. The first-order valence-electron chi connectivity index (χ1n) is 4.65. The summed E-state index contributed by atoms with van der Waals surface area (Å²) in [6.07, 6.45) is 0. The normalized spacial score (nSPS) is 25.4. The number of hydrogen-bond acceptors (Lipinski definition) is 3. The number of hydrazine groups is 1. The highest BCUT2D eigenvalue weighted by molar-refractivity contribution is 9.10. The average molecular weight is 271 g/mol. The first-order valence-corrected chi connectivity index (χ1v) is 5.44. The lowest BCUT2D eigenvalue weighted by atomic mass is 9.95. The van der Waals surface area contributed by atoms with Gasteiger partial charge in [0.05, 0.1) is 12.0 Å². The summed E-state index contributed by atoms with van der Waals surface area (Å²) < 4.78 is 0.990. The van der Waals surface area contributed by atoms with Crippen LogP contribution in [0.25, 0.3) is 0 Å². The molecule has 1 aliphatic rings. The largest absolute Gasteiger partial charge is 0.481 e. The zero-order chi connectivity index (χ0) is 10.8. The predicted octanol–water partition coefficient (Wildman–Crippen LogP) is 1.30. The van der Waals surface area contributed by atoms with Gasteiger partial charge >= 0.3 is 5.97 Å². The Hall–Kier alpha value is -0.910. The van der Waals surface area contributed by atoms with E-state index in [4.69, 9.17) is 5.11 Å². The van der Waals surface area contributed by atoms with E-state index in [0.29, 0.717) is 6.54 Å². The number of halogens is 1. The van der Waals surface area contributed by atoms with E-state index in [0.717, 1.165) is 10.0 Å². The SMILES string of the molecule is O=C(O)C1CNNC1c1ccc(Br)cc1. The van der Waals surface area contributed by atoms with Crippen molar-refractivity contribution in [1.29, 1.82) is 0 Å². The van der Waals surface area contributed by atoms with Crippen LogP contribution in [0.5, 0.6) is 0 Å². The van der Waals surface area contributed by atoms with Crippen LogP contribution < -0.4 is 10.9 Å². The second kappa shape index (κ2) is 4.30. The first-order chi connectivity index (χ1) is 7.18. The molecule has 1 aromatic rings. The number of benzene rings is 1. The Bertz CT molecular complexity index is 366. The molecule has 0 aromatic heterocycles. The molecular formula is C10H11BrN2O2. The molecule has 15 heavy (non-hydrogen) atoms. The molecule has 0 spiro atoms. The summed E-state index contributed by atoms with van der Waals surface area (Å²) in [5.41, 5.74) is 6.83. The van der Waals surface area contributed by atoms with Crippen molar-refractivity contribution in [3.05, 3.63) is 34.3 Å². The lowest BCUT2D eigenvalue weighted by molar-refractivity contribution is -0.141. The topological polar surface area (TPSA) is 61.4 Å². The Morgan fingerprint density at radius 1 is 1.40 bits per heavy atom. The van der Waals surface area contributed by atoms with Gasteiger partial charge in [0.2, 0.25) is 0 Å². The number of hydrogen-bond donors (Lipinski definition) is 3. The van der Waals surface area contributed by atoms with Gasteiger partial charge < -0.3 is 5.11 Å². The lowest BCUT2D eigenvalue weighted by Gasteiger charge is -2.14. The molecule has 1 aliphatic heterocycles. The molecule has 0 saturated carbocycles. The fourth-order valence-corrected chi connectivity index (χ4v) is 1.98. The molecule has 2 atom stereocenters. The van der Waals surface area contributed by atoms with Crippen LogP contribution in [0, 0.1) is 5.92 Å². The highest BCUT2D eigenvalue weighted by Crippen LogP contribution is 2.25. The monoisotopic (exact) mass is 270 g/mol. The maximum Gasteiger partial charge on any atom is 0.309 e. The van der Waals surface area contributed by atoms with E-state index < -0.39 is 11.9 Å². The van der Waals surface area contributed by atoms with E-state index in [1.807, 2.05) is 24.3 Å². The van der Waals surface area contributed by atoms with Crippen LogP contribution in [-0.4, -0.2) is 17.6 Å². The van der Waals surface area contributed by atoms with Crippen LogP contribution in [0.4, 0.5) is 0 Å². The smallest absolute Gasteiger partial charge is 0.309 e. The van der Waals surface area contributed by atoms with Crippen molar-refractivity contribution in [2.24, 2.45) is 5.92 Å². The summed E-state index contributed by atoms with van der Waals surface area (Å²) in [7, 11) is 0.